The van der Waals surface area contributed by atoms with Gasteiger partial charge < -0.3 is 15.8 Å². The third-order valence-corrected chi connectivity index (χ3v) is 3.87. The molecular weight excluding hydrogens is 250 g/mol. The first-order chi connectivity index (χ1) is 9.60. The summed E-state index contributed by atoms with van der Waals surface area (Å²) in [5, 5.41) is 3.15. The molecule has 1 saturated carbocycles. The van der Waals surface area contributed by atoms with Crippen LogP contribution in [0, 0.1) is 6.92 Å². The number of guanidine groups is 1. The summed E-state index contributed by atoms with van der Waals surface area (Å²) >= 11 is 0. The molecule has 3 N–H and O–H groups in total. The zero-order valence-corrected chi connectivity index (χ0v) is 12.6. The van der Waals surface area contributed by atoms with Gasteiger partial charge in [0.25, 0.3) is 0 Å². The fraction of sp³-hybridized carbons (Fsp3) is 0.562. The lowest BCUT2D eigenvalue weighted by atomic mass is 9.75. The minimum Gasteiger partial charge on any atom is -0.383 e. The molecule has 4 nitrogen and oxygen atoms in total. The van der Waals surface area contributed by atoms with Crippen molar-refractivity contribution in [2.24, 2.45) is 10.7 Å². The van der Waals surface area contributed by atoms with E-state index < -0.39 is 0 Å². The summed E-state index contributed by atoms with van der Waals surface area (Å²) in [7, 11) is 1.68. The van der Waals surface area contributed by atoms with Crippen LogP contribution in [-0.4, -0.2) is 31.8 Å². The third kappa shape index (κ3) is 3.73. The van der Waals surface area contributed by atoms with E-state index in [-0.39, 0.29) is 6.04 Å². The normalized spacial score (nSPS) is 24.1. The van der Waals surface area contributed by atoms with E-state index in [0.717, 1.165) is 12.8 Å². The molecule has 0 radical (unpaired) electrons. The number of nitrogens with one attached hydrogen (secondary N) is 1. The van der Waals surface area contributed by atoms with Crippen LogP contribution >= 0.6 is 0 Å². The van der Waals surface area contributed by atoms with E-state index in [2.05, 4.69) is 41.5 Å². The lowest BCUT2D eigenvalue weighted by Crippen LogP contribution is -2.42. The van der Waals surface area contributed by atoms with Crippen LogP contribution in [0.4, 0.5) is 0 Å². The first-order valence-electron chi connectivity index (χ1n) is 7.24. The number of methoxy groups -OCH3 is 1. The number of hydrogen-bond donors (Lipinski definition) is 2. The summed E-state index contributed by atoms with van der Waals surface area (Å²) in [6.45, 7) is 4.84. The molecular formula is C16H25N3O. The molecule has 0 amide bonds. The summed E-state index contributed by atoms with van der Waals surface area (Å²) in [4.78, 5) is 4.54. The van der Waals surface area contributed by atoms with Crippen LogP contribution in [-0.2, 0) is 4.74 Å². The zero-order valence-electron chi connectivity index (χ0n) is 12.6. The second kappa shape index (κ2) is 6.75. The van der Waals surface area contributed by atoms with Crippen LogP contribution in [0.25, 0.3) is 0 Å². The molecule has 1 aliphatic carbocycles. The Hall–Kier alpha value is -1.55. The van der Waals surface area contributed by atoms with Crippen LogP contribution < -0.4 is 11.1 Å². The van der Waals surface area contributed by atoms with Crippen molar-refractivity contribution in [2.75, 3.05) is 13.7 Å². The van der Waals surface area contributed by atoms with Crippen molar-refractivity contribution in [3.8, 4) is 0 Å². The van der Waals surface area contributed by atoms with E-state index in [1.54, 1.807) is 7.11 Å². The molecule has 0 spiro atoms. The summed E-state index contributed by atoms with van der Waals surface area (Å²) in [5.41, 5.74) is 8.74. The predicted octanol–water partition coefficient (Wildman–Crippen LogP) is 2.18. The summed E-state index contributed by atoms with van der Waals surface area (Å²) in [5.74, 6) is 1.16. The standard InChI is InChI=1S/C16H25N3O/c1-11-6-4-5-7-15(11)13-8-14(9-13)19-16(17)18-12(2)10-20-3/h4-7,12-14H,8-10H2,1-3H3,(H3,17,18,19). The van der Waals surface area contributed by atoms with Crippen LogP contribution in [0.15, 0.2) is 29.3 Å². The summed E-state index contributed by atoms with van der Waals surface area (Å²) in [6, 6.07) is 9.14. The Balaban J connectivity index is 1.83. The minimum absolute atomic E-state index is 0.191. The lowest BCUT2D eigenvalue weighted by Gasteiger charge is -2.34. The average molecular weight is 275 g/mol. The number of hydrogen-bond acceptors (Lipinski definition) is 2. The van der Waals surface area contributed by atoms with E-state index in [9.17, 15) is 0 Å². The first kappa shape index (κ1) is 14.9. The first-order valence-corrected chi connectivity index (χ1v) is 7.24. The molecule has 1 aliphatic rings. The number of rotatable bonds is 5. The Morgan fingerprint density at radius 2 is 2.15 bits per heavy atom. The van der Waals surface area contributed by atoms with Gasteiger partial charge in [-0.25, -0.2) is 0 Å². The molecule has 0 saturated heterocycles. The zero-order chi connectivity index (χ0) is 14.5. The SMILES string of the molecule is COCC(C)NC(N)=NC1CC(c2ccccc2C)C1. The van der Waals surface area contributed by atoms with Crippen molar-refractivity contribution in [3.05, 3.63) is 35.4 Å². The Bertz CT molecular complexity index is 467. The lowest BCUT2D eigenvalue weighted by molar-refractivity contribution is 0.179. The molecule has 1 atom stereocenters. The predicted molar refractivity (Wildman–Crippen MR) is 83.0 cm³/mol. The fourth-order valence-corrected chi connectivity index (χ4v) is 2.77. The van der Waals surface area contributed by atoms with Gasteiger partial charge in [-0.05, 0) is 43.7 Å². The topological polar surface area (TPSA) is 59.6 Å². The molecule has 0 aliphatic heterocycles. The number of aliphatic imine (C=N–C) groups is 1. The molecule has 2 rings (SSSR count). The average Bonchev–Trinajstić information content (AvgIpc) is 2.34. The molecule has 0 heterocycles. The van der Waals surface area contributed by atoms with Gasteiger partial charge in [-0.1, -0.05) is 24.3 Å². The van der Waals surface area contributed by atoms with Gasteiger partial charge in [-0.15, -0.1) is 0 Å². The molecule has 110 valence electrons. The van der Waals surface area contributed by atoms with E-state index in [4.69, 9.17) is 10.5 Å². The minimum atomic E-state index is 0.191. The van der Waals surface area contributed by atoms with E-state index >= 15 is 0 Å². The highest BCUT2D eigenvalue weighted by atomic mass is 16.5. The maximum atomic E-state index is 5.91. The van der Waals surface area contributed by atoms with Gasteiger partial charge in [-0.2, -0.15) is 0 Å². The van der Waals surface area contributed by atoms with Crippen LogP contribution in [0.1, 0.15) is 36.8 Å². The molecule has 1 aromatic rings. The number of ether oxygens (including phenoxy) is 1. The fourth-order valence-electron chi connectivity index (χ4n) is 2.77. The number of nitrogens with zero attached hydrogens (tertiary/aromatic N) is 1. The Labute approximate surface area is 121 Å². The highest BCUT2D eigenvalue weighted by molar-refractivity contribution is 5.78. The van der Waals surface area contributed by atoms with Crippen molar-refractivity contribution < 1.29 is 4.74 Å². The van der Waals surface area contributed by atoms with Crippen molar-refractivity contribution in [3.63, 3.8) is 0 Å². The monoisotopic (exact) mass is 275 g/mol. The van der Waals surface area contributed by atoms with Gasteiger partial charge in [0.1, 0.15) is 0 Å². The van der Waals surface area contributed by atoms with E-state index in [1.165, 1.54) is 11.1 Å². The molecule has 1 unspecified atom stereocenters. The largest absolute Gasteiger partial charge is 0.383 e. The van der Waals surface area contributed by atoms with Gasteiger partial charge in [0.05, 0.1) is 12.6 Å². The Morgan fingerprint density at radius 1 is 1.45 bits per heavy atom. The van der Waals surface area contributed by atoms with E-state index in [1.807, 2.05) is 6.92 Å². The van der Waals surface area contributed by atoms with Gasteiger partial charge in [-0.3, -0.25) is 4.99 Å². The second-order valence-corrected chi connectivity index (χ2v) is 5.69. The van der Waals surface area contributed by atoms with Crippen molar-refractivity contribution in [1.82, 2.24) is 5.32 Å². The quantitative estimate of drug-likeness (QED) is 0.639. The molecule has 0 aromatic heterocycles. The van der Waals surface area contributed by atoms with Crippen molar-refractivity contribution >= 4 is 5.96 Å². The van der Waals surface area contributed by atoms with Gasteiger partial charge in [0.2, 0.25) is 0 Å². The number of benzene rings is 1. The van der Waals surface area contributed by atoms with Gasteiger partial charge >= 0.3 is 0 Å². The smallest absolute Gasteiger partial charge is 0.189 e. The van der Waals surface area contributed by atoms with Crippen LogP contribution in [0.2, 0.25) is 0 Å². The van der Waals surface area contributed by atoms with Crippen molar-refractivity contribution in [1.29, 1.82) is 0 Å². The summed E-state index contributed by atoms with van der Waals surface area (Å²) in [6.07, 6.45) is 2.18. The molecule has 1 fully saturated rings. The van der Waals surface area contributed by atoms with E-state index in [0.29, 0.717) is 24.5 Å². The maximum absolute atomic E-state index is 5.91. The molecule has 20 heavy (non-hydrogen) atoms. The molecule has 0 bridgehead atoms. The Morgan fingerprint density at radius 3 is 2.80 bits per heavy atom. The highest BCUT2D eigenvalue weighted by Gasteiger charge is 2.31. The van der Waals surface area contributed by atoms with Crippen LogP contribution in [0.3, 0.4) is 0 Å². The summed E-state index contributed by atoms with van der Waals surface area (Å²) < 4.78 is 5.06. The third-order valence-electron chi connectivity index (χ3n) is 3.87. The Kier molecular flexibility index (Phi) is 5.01. The van der Waals surface area contributed by atoms with Crippen molar-refractivity contribution in [2.45, 2.75) is 44.7 Å². The number of aryl methyl sites for hydroxylation is 1. The maximum Gasteiger partial charge on any atom is 0.189 e. The number of nitrogens with two attached hydrogens (primary N) is 1. The highest BCUT2D eigenvalue weighted by Crippen LogP contribution is 2.39. The second-order valence-electron chi connectivity index (χ2n) is 5.69. The van der Waals surface area contributed by atoms with Gasteiger partial charge in [0, 0.05) is 13.2 Å². The molecule has 4 heteroatoms. The van der Waals surface area contributed by atoms with Gasteiger partial charge in [0.15, 0.2) is 5.96 Å². The molecule has 1 aromatic carbocycles. The van der Waals surface area contributed by atoms with Crippen LogP contribution in [0.5, 0.6) is 0 Å².